The number of hydrogen-bond donors (Lipinski definition) is 8. The van der Waals surface area contributed by atoms with Crippen molar-refractivity contribution in [1.29, 1.82) is 0 Å². The fourth-order valence-corrected chi connectivity index (χ4v) is 12.1. The van der Waals surface area contributed by atoms with Gasteiger partial charge in [0.15, 0.2) is 0 Å². The number of aliphatic hydroxyl groups excluding tert-OH is 8. The summed E-state index contributed by atoms with van der Waals surface area (Å²) in [7, 11) is 0. The molecule has 8 N–H and O–H groups in total. The van der Waals surface area contributed by atoms with Crippen molar-refractivity contribution >= 4 is 5.97 Å². The Labute approximate surface area is 278 Å². The van der Waals surface area contributed by atoms with Gasteiger partial charge in [0.1, 0.15) is 24.4 Å². The average Bonchev–Trinajstić information content (AvgIpc) is 3.02. The molecule has 6 aliphatic rings. The lowest BCUT2D eigenvalue weighted by atomic mass is 9.33. The number of fused-ring (bicyclic) bond motifs is 7. The summed E-state index contributed by atoms with van der Waals surface area (Å²) in [6, 6.07) is 0. The van der Waals surface area contributed by atoms with E-state index in [9.17, 15) is 45.6 Å². The minimum Gasteiger partial charge on any atom is -0.432 e. The molecule has 268 valence electrons. The van der Waals surface area contributed by atoms with Crippen molar-refractivity contribution in [2.45, 2.75) is 142 Å². The van der Waals surface area contributed by atoms with Crippen molar-refractivity contribution in [2.75, 3.05) is 13.2 Å². The maximum absolute atomic E-state index is 14.4. The van der Waals surface area contributed by atoms with E-state index in [4.69, 9.17) is 9.47 Å². The molecule has 0 aromatic carbocycles. The molecule has 0 aromatic rings. The minimum atomic E-state index is -1.72. The summed E-state index contributed by atoms with van der Waals surface area (Å²) in [4.78, 5) is 14.4. The van der Waals surface area contributed by atoms with Gasteiger partial charge in [-0.15, -0.1) is 0 Å². The minimum absolute atomic E-state index is 0.00502. The lowest BCUT2D eigenvalue weighted by Gasteiger charge is -2.71. The Hall–Kier alpha value is -1.15. The van der Waals surface area contributed by atoms with Crippen LogP contribution in [0.4, 0.5) is 0 Å². The SMILES string of the molecule is CC1(C)CC[C@]2(C(=O)O[C@@H]3O[C@H](CO)[C@@H](O)[C@H](O)[C@H]3O)CC[C@]3(C)C(=CC[C@H]4[C@@]5(C)C[C@@H](O)[C@H](O)[C@@](C)(CO)[C@H]5CC[C@]43C)[C@H]2[C@@H]1O. The summed E-state index contributed by atoms with van der Waals surface area (Å²) in [5.41, 5.74) is -2.46. The van der Waals surface area contributed by atoms with E-state index in [1.807, 2.05) is 20.8 Å². The highest BCUT2D eigenvalue weighted by molar-refractivity contribution is 5.79. The molecule has 11 nitrogen and oxygen atoms in total. The van der Waals surface area contributed by atoms with Gasteiger partial charge in [0.05, 0.1) is 36.9 Å². The van der Waals surface area contributed by atoms with E-state index in [2.05, 4.69) is 26.8 Å². The number of rotatable bonds is 4. The van der Waals surface area contributed by atoms with E-state index in [-0.39, 0.29) is 29.3 Å². The van der Waals surface area contributed by atoms with Gasteiger partial charge in [0, 0.05) is 11.3 Å². The van der Waals surface area contributed by atoms with E-state index in [1.165, 1.54) is 0 Å². The monoisotopic (exact) mass is 666 g/mol. The Morgan fingerprint density at radius 3 is 2.15 bits per heavy atom. The first-order valence-electron chi connectivity index (χ1n) is 17.7. The molecule has 0 spiro atoms. The summed E-state index contributed by atoms with van der Waals surface area (Å²) in [6.07, 6.45) is -3.62. The van der Waals surface area contributed by atoms with E-state index in [0.29, 0.717) is 38.5 Å². The zero-order valence-corrected chi connectivity index (χ0v) is 28.8. The number of carbonyl (C=O) groups excluding carboxylic acids is 1. The second-order valence-electron chi connectivity index (χ2n) is 17.8. The van der Waals surface area contributed by atoms with Gasteiger partial charge in [-0.05, 0) is 84.9 Å². The lowest BCUT2D eigenvalue weighted by Crippen LogP contribution is -2.69. The third kappa shape index (κ3) is 4.67. The summed E-state index contributed by atoms with van der Waals surface area (Å²) in [5.74, 6) is -1.08. The molecule has 5 aliphatic carbocycles. The van der Waals surface area contributed by atoms with Crippen molar-refractivity contribution in [3.8, 4) is 0 Å². The highest BCUT2D eigenvalue weighted by Gasteiger charge is 2.72. The molecule has 1 aliphatic heterocycles. The summed E-state index contributed by atoms with van der Waals surface area (Å²) < 4.78 is 11.4. The fraction of sp³-hybridized carbons (Fsp3) is 0.917. The maximum atomic E-state index is 14.4. The molecular formula is C36H58O11. The van der Waals surface area contributed by atoms with E-state index < -0.39 is 89.2 Å². The smallest absolute Gasteiger partial charge is 0.315 e. The van der Waals surface area contributed by atoms with Crippen LogP contribution in [0.3, 0.4) is 0 Å². The lowest BCUT2D eigenvalue weighted by molar-refractivity contribution is -0.298. The number of ether oxygens (including phenoxy) is 2. The van der Waals surface area contributed by atoms with Crippen LogP contribution in [0, 0.1) is 50.2 Å². The Morgan fingerprint density at radius 1 is 0.851 bits per heavy atom. The van der Waals surface area contributed by atoms with Crippen molar-refractivity contribution in [3.63, 3.8) is 0 Å². The van der Waals surface area contributed by atoms with E-state index in [1.54, 1.807) is 0 Å². The Bertz CT molecular complexity index is 1270. The third-order valence-electron chi connectivity index (χ3n) is 15.4. The first-order valence-corrected chi connectivity index (χ1v) is 17.7. The van der Waals surface area contributed by atoms with Gasteiger partial charge in [0.25, 0.3) is 0 Å². The predicted octanol–water partition coefficient (Wildman–Crippen LogP) is 1.41. The number of hydrogen-bond acceptors (Lipinski definition) is 11. The molecule has 5 fully saturated rings. The van der Waals surface area contributed by atoms with Crippen LogP contribution in [0.5, 0.6) is 0 Å². The molecule has 0 aromatic heterocycles. The predicted molar refractivity (Wildman–Crippen MR) is 169 cm³/mol. The second kappa shape index (κ2) is 11.4. The zero-order valence-electron chi connectivity index (χ0n) is 28.8. The van der Waals surface area contributed by atoms with Crippen molar-refractivity contribution in [2.24, 2.45) is 50.2 Å². The summed E-state index contributed by atoms with van der Waals surface area (Å²) in [5, 5.41) is 85.9. The van der Waals surface area contributed by atoms with Crippen LogP contribution < -0.4 is 0 Å². The molecule has 4 saturated carbocycles. The van der Waals surface area contributed by atoms with Crippen LogP contribution in [-0.2, 0) is 14.3 Å². The number of carbonyl (C=O) groups is 1. The molecule has 0 bridgehead atoms. The molecule has 47 heavy (non-hydrogen) atoms. The van der Waals surface area contributed by atoms with Crippen LogP contribution >= 0.6 is 0 Å². The molecule has 6 rings (SSSR count). The Kier molecular flexibility index (Phi) is 8.68. The Balaban J connectivity index is 1.39. The Morgan fingerprint density at radius 2 is 1.51 bits per heavy atom. The topological polar surface area (TPSA) is 197 Å². The zero-order chi connectivity index (χ0) is 34.7. The van der Waals surface area contributed by atoms with Crippen LogP contribution in [0.2, 0.25) is 0 Å². The summed E-state index contributed by atoms with van der Waals surface area (Å²) >= 11 is 0. The molecule has 0 radical (unpaired) electrons. The van der Waals surface area contributed by atoms with Gasteiger partial charge in [-0.25, -0.2) is 0 Å². The van der Waals surface area contributed by atoms with Gasteiger partial charge < -0.3 is 50.3 Å². The molecule has 0 unspecified atom stereocenters. The molecule has 16 atom stereocenters. The van der Waals surface area contributed by atoms with Gasteiger partial charge >= 0.3 is 5.97 Å². The standard InChI is InChI=1S/C36H58O11/c1-31(2)11-13-36(30(45)47-29-26(42)25(41)24(40)20(16-37)46-29)14-12-34(5)18(23(36)28(31)44)7-8-22-32(3)15-19(39)27(43)33(4,17-38)21(32)9-10-35(22,34)6/h7,19-29,37-44H,8-17H2,1-6H3/t19-,20-,21+,22+,23+,24-,25+,26-,27+,28+,29+,32+,33+,34-,35-,36+/m1/s1. The van der Waals surface area contributed by atoms with Gasteiger partial charge in [0.2, 0.25) is 6.29 Å². The van der Waals surface area contributed by atoms with Crippen LogP contribution in [0.15, 0.2) is 11.6 Å². The van der Waals surface area contributed by atoms with Gasteiger partial charge in [-0.2, -0.15) is 0 Å². The molecule has 0 amide bonds. The van der Waals surface area contributed by atoms with Crippen LogP contribution in [0.25, 0.3) is 0 Å². The number of aliphatic hydroxyl groups is 8. The van der Waals surface area contributed by atoms with Gasteiger partial charge in [-0.3, -0.25) is 4.79 Å². The highest BCUT2D eigenvalue weighted by atomic mass is 16.7. The molecular weight excluding hydrogens is 608 g/mol. The molecule has 1 saturated heterocycles. The summed E-state index contributed by atoms with van der Waals surface area (Å²) in [6.45, 7) is 11.9. The highest BCUT2D eigenvalue weighted by Crippen LogP contribution is 2.75. The first-order chi connectivity index (χ1) is 21.8. The van der Waals surface area contributed by atoms with Crippen molar-refractivity contribution in [3.05, 3.63) is 11.6 Å². The average molecular weight is 667 g/mol. The normalized spacial score (nSPS) is 55.4. The second-order valence-corrected chi connectivity index (χ2v) is 17.8. The van der Waals surface area contributed by atoms with Gasteiger partial charge in [-0.1, -0.05) is 53.2 Å². The van der Waals surface area contributed by atoms with Crippen LogP contribution in [0.1, 0.15) is 92.9 Å². The van der Waals surface area contributed by atoms with Crippen LogP contribution in [-0.4, -0.2) is 109 Å². The van der Waals surface area contributed by atoms with E-state index >= 15 is 0 Å². The largest absolute Gasteiger partial charge is 0.432 e. The third-order valence-corrected chi connectivity index (χ3v) is 15.4. The molecule has 1 heterocycles. The van der Waals surface area contributed by atoms with Crippen molar-refractivity contribution in [1.82, 2.24) is 0 Å². The number of allylic oxidation sites excluding steroid dienone is 1. The maximum Gasteiger partial charge on any atom is 0.315 e. The number of esters is 1. The fourth-order valence-electron chi connectivity index (χ4n) is 12.1. The quantitative estimate of drug-likeness (QED) is 0.160. The molecule has 11 heteroatoms. The van der Waals surface area contributed by atoms with Crippen molar-refractivity contribution < 1.29 is 55.1 Å². The first kappa shape index (κ1) is 35.7. The van der Waals surface area contributed by atoms with E-state index in [0.717, 1.165) is 18.4 Å².